The van der Waals surface area contributed by atoms with Crippen LogP contribution in [0.1, 0.15) is 11.1 Å². The first kappa shape index (κ1) is 11.6. The Hall–Kier alpha value is -2.16. The van der Waals surface area contributed by atoms with Crippen LogP contribution in [-0.4, -0.2) is 12.2 Å². The van der Waals surface area contributed by atoms with Gasteiger partial charge in [0.15, 0.2) is 0 Å². The van der Waals surface area contributed by atoms with E-state index in [1.165, 1.54) is 0 Å². The summed E-state index contributed by atoms with van der Waals surface area (Å²) in [7, 11) is 1.55. The molecule has 20 heavy (non-hydrogen) atoms. The first-order valence-electron chi connectivity index (χ1n) is 6.65. The lowest BCUT2D eigenvalue weighted by Crippen LogP contribution is -2.32. The van der Waals surface area contributed by atoms with Gasteiger partial charge in [-0.15, -0.1) is 0 Å². The van der Waals surface area contributed by atoms with Crippen LogP contribution in [0.5, 0.6) is 0 Å². The summed E-state index contributed by atoms with van der Waals surface area (Å²) in [5, 5.41) is 13.3. The predicted molar refractivity (Wildman–Crippen MR) is 79.4 cm³/mol. The number of methoxy groups -OCH3 is 1. The monoisotopic (exact) mass is 262 g/mol. The van der Waals surface area contributed by atoms with Gasteiger partial charge >= 0.3 is 0 Å². The van der Waals surface area contributed by atoms with E-state index in [-0.39, 0.29) is 0 Å². The Morgan fingerprint density at radius 3 is 2.25 bits per heavy atom. The summed E-state index contributed by atoms with van der Waals surface area (Å²) in [6.45, 7) is 0. The van der Waals surface area contributed by atoms with E-state index in [9.17, 15) is 5.11 Å². The summed E-state index contributed by atoms with van der Waals surface area (Å²) in [6.07, 6.45) is 0. The maximum atomic E-state index is 11.1. The van der Waals surface area contributed by atoms with E-state index < -0.39 is 5.79 Å². The van der Waals surface area contributed by atoms with Crippen molar-refractivity contribution < 1.29 is 9.84 Å². The molecule has 0 aromatic heterocycles. The van der Waals surface area contributed by atoms with E-state index in [0.717, 1.165) is 33.0 Å². The molecule has 4 rings (SSSR count). The van der Waals surface area contributed by atoms with E-state index >= 15 is 0 Å². The number of benzene rings is 3. The zero-order valence-corrected chi connectivity index (χ0v) is 11.1. The molecule has 1 aliphatic rings. The van der Waals surface area contributed by atoms with E-state index in [1.54, 1.807) is 7.11 Å². The first-order valence-corrected chi connectivity index (χ1v) is 6.65. The Kier molecular flexibility index (Phi) is 2.28. The van der Waals surface area contributed by atoms with Gasteiger partial charge in [-0.1, -0.05) is 60.7 Å². The lowest BCUT2D eigenvalue weighted by molar-refractivity contribution is -0.158. The number of hydrogen-bond donors (Lipinski definition) is 1. The average Bonchev–Trinajstić information content (AvgIpc) is 2.52. The third kappa shape index (κ3) is 1.30. The van der Waals surface area contributed by atoms with Crippen LogP contribution in [0.15, 0.2) is 60.7 Å². The largest absolute Gasteiger partial charge is 0.358 e. The minimum Gasteiger partial charge on any atom is -0.358 e. The topological polar surface area (TPSA) is 29.5 Å². The van der Waals surface area contributed by atoms with Crippen LogP contribution < -0.4 is 0 Å². The molecule has 0 heterocycles. The molecule has 0 aliphatic heterocycles. The molecule has 0 saturated heterocycles. The fourth-order valence-electron chi connectivity index (χ4n) is 3.23. The van der Waals surface area contributed by atoms with Gasteiger partial charge in [-0.05, 0) is 21.9 Å². The molecule has 0 bridgehead atoms. The van der Waals surface area contributed by atoms with Crippen molar-refractivity contribution in [2.75, 3.05) is 7.11 Å². The van der Waals surface area contributed by atoms with Crippen LogP contribution >= 0.6 is 0 Å². The summed E-state index contributed by atoms with van der Waals surface area (Å²) < 4.78 is 5.51. The molecule has 3 aromatic rings. The predicted octanol–water partition coefficient (Wildman–Crippen LogP) is 3.66. The Morgan fingerprint density at radius 1 is 0.800 bits per heavy atom. The van der Waals surface area contributed by atoms with Gasteiger partial charge in [-0.3, -0.25) is 0 Å². The standard InChI is InChI=1S/C18H14O2/c1-20-18(19)15-10-3-2-8-13(15)14-9-4-6-12-7-5-11-16(18)17(12)14/h2-11,19H,1H3. The second-order valence-electron chi connectivity index (χ2n) is 5.10. The van der Waals surface area contributed by atoms with Crippen LogP contribution in [0, 0.1) is 0 Å². The summed E-state index contributed by atoms with van der Waals surface area (Å²) in [4.78, 5) is 0. The number of rotatable bonds is 1. The number of ether oxygens (including phenoxy) is 1. The maximum absolute atomic E-state index is 11.1. The summed E-state index contributed by atoms with van der Waals surface area (Å²) >= 11 is 0. The molecule has 0 saturated carbocycles. The van der Waals surface area contributed by atoms with Gasteiger partial charge in [0.1, 0.15) is 0 Å². The van der Waals surface area contributed by atoms with Crippen molar-refractivity contribution in [3.05, 3.63) is 71.8 Å². The van der Waals surface area contributed by atoms with Crippen molar-refractivity contribution in [3.63, 3.8) is 0 Å². The molecule has 3 aromatic carbocycles. The van der Waals surface area contributed by atoms with Crippen molar-refractivity contribution in [1.82, 2.24) is 0 Å². The molecular formula is C18H14O2. The van der Waals surface area contributed by atoms with Crippen molar-refractivity contribution >= 4 is 10.8 Å². The summed E-state index contributed by atoms with van der Waals surface area (Å²) in [6, 6.07) is 20.0. The Balaban J connectivity index is 2.26. The summed E-state index contributed by atoms with van der Waals surface area (Å²) in [5.41, 5.74) is 3.79. The van der Waals surface area contributed by atoms with Crippen molar-refractivity contribution in [1.29, 1.82) is 0 Å². The van der Waals surface area contributed by atoms with E-state index in [4.69, 9.17) is 4.74 Å². The van der Waals surface area contributed by atoms with E-state index in [1.807, 2.05) is 36.4 Å². The highest BCUT2D eigenvalue weighted by Gasteiger charge is 2.39. The van der Waals surface area contributed by atoms with E-state index in [2.05, 4.69) is 24.3 Å². The first-order chi connectivity index (χ1) is 9.75. The molecule has 0 amide bonds. The molecule has 98 valence electrons. The third-order valence-electron chi connectivity index (χ3n) is 4.15. The Labute approximate surface area is 117 Å². The van der Waals surface area contributed by atoms with Crippen LogP contribution in [0.4, 0.5) is 0 Å². The lowest BCUT2D eigenvalue weighted by Gasteiger charge is -2.34. The van der Waals surface area contributed by atoms with Gasteiger partial charge < -0.3 is 9.84 Å². The van der Waals surface area contributed by atoms with Gasteiger partial charge in [0, 0.05) is 18.2 Å². The highest BCUT2D eigenvalue weighted by atomic mass is 16.6. The third-order valence-corrected chi connectivity index (χ3v) is 4.15. The molecule has 0 spiro atoms. The maximum Gasteiger partial charge on any atom is 0.220 e. The minimum absolute atomic E-state index is 0.800. The highest BCUT2D eigenvalue weighted by Crippen LogP contribution is 2.47. The smallest absolute Gasteiger partial charge is 0.220 e. The van der Waals surface area contributed by atoms with Gasteiger partial charge in [0.2, 0.25) is 5.79 Å². The van der Waals surface area contributed by atoms with Crippen LogP contribution in [0.3, 0.4) is 0 Å². The Morgan fingerprint density at radius 2 is 1.45 bits per heavy atom. The van der Waals surface area contributed by atoms with Crippen molar-refractivity contribution in [2.24, 2.45) is 0 Å². The van der Waals surface area contributed by atoms with E-state index in [0.29, 0.717) is 0 Å². The normalized spacial score (nSPS) is 19.9. The van der Waals surface area contributed by atoms with Gasteiger partial charge in [-0.2, -0.15) is 0 Å². The van der Waals surface area contributed by atoms with Gasteiger partial charge in [0.25, 0.3) is 0 Å². The molecular weight excluding hydrogens is 248 g/mol. The zero-order chi connectivity index (χ0) is 13.7. The molecule has 2 heteroatoms. The zero-order valence-electron chi connectivity index (χ0n) is 11.1. The number of hydrogen-bond acceptors (Lipinski definition) is 2. The molecule has 1 N–H and O–H groups in total. The molecule has 0 radical (unpaired) electrons. The molecule has 1 aliphatic carbocycles. The Bertz CT molecular complexity index is 817. The SMILES string of the molecule is COC1(O)c2ccccc2-c2cccc3cccc1c23. The van der Waals surface area contributed by atoms with Crippen LogP contribution in [0.25, 0.3) is 21.9 Å². The fraction of sp³-hybridized carbons (Fsp3) is 0.111. The molecule has 1 atom stereocenters. The number of aliphatic hydroxyl groups is 1. The van der Waals surface area contributed by atoms with Crippen LogP contribution in [0.2, 0.25) is 0 Å². The van der Waals surface area contributed by atoms with Crippen molar-refractivity contribution in [3.8, 4) is 11.1 Å². The summed E-state index contributed by atoms with van der Waals surface area (Å²) in [5.74, 6) is -1.38. The fourth-order valence-corrected chi connectivity index (χ4v) is 3.23. The number of fused-ring (bicyclic) bond motifs is 2. The minimum atomic E-state index is -1.38. The van der Waals surface area contributed by atoms with Gasteiger partial charge in [-0.25, -0.2) is 0 Å². The van der Waals surface area contributed by atoms with Crippen molar-refractivity contribution in [2.45, 2.75) is 5.79 Å². The second kappa shape index (κ2) is 3.92. The second-order valence-corrected chi connectivity index (χ2v) is 5.10. The van der Waals surface area contributed by atoms with Crippen LogP contribution in [-0.2, 0) is 10.5 Å². The average molecular weight is 262 g/mol. The van der Waals surface area contributed by atoms with Gasteiger partial charge in [0.05, 0.1) is 0 Å². The highest BCUT2D eigenvalue weighted by molar-refractivity contribution is 6.02. The quantitative estimate of drug-likeness (QED) is 0.678. The lowest BCUT2D eigenvalue weighted by atomic mass is 9.80. The molecule has 2 nitrogen and oxygen atoms in total. The molecule has 1 unspecified atom stereocenters. The molecule has 0 fully saturated rings.